The quantitative estimate of drug-likeness (QED) is 0.799. The highest BCUT2D eigenvalue weighted by Gasteiger charge is 2.38. The fourth-order valence-electron chi connectivity index (χ4n) is 1.94. The van der Waals surface area contributed by atoms with Gasteiger partial charge in [-0.3, -0.25) is 14.5 Å². The first-order chi connectivity index (χ1) is 8.82. The summed E-state index contributed by atoms with van der Waals surface area (Å²) in [5.74, 6) is -2.35. The van der Waals surface area contributed by atoms with Gasteiger partial charge in [0.2, 0.25) is 11.8 Å². The van der Waals surface area contributed by atoms with Gasteiger partial charge in [0.15, 0.2) is 0 Å². The van der Waals surface area contributed by atoms with Crippen LogP contribution in [0.2, 0.25) is 0 Å². The van der Waals surface area contributed by atoms with E-state index in [-0.39, 0.29) is 10.2 Å². The maximum Gasteiger partial charge on any atom is 0.250 e. The first-order valence-corrected chi connectivity index (χ1v) is 6.40. The molecular weight excluding hydrogens is 322 g/mol. The summed E-state index contributed by atoms with van der Waals surface area (Å²) in [4.78, 5) is 24.7. The number of carbonyl (C=O) groups is 2. The van der Waals surface area contributed by atoms with Crippen molar-refractivity contribution in [1.82, 2.24) is 5.32 Å². The first kappa shape index (κ1) is 13.9. The number of hydrogen-bond donors (Lipinski definition) is 1. The Balaban J connectivity index is 2.52. The maximum absolute atomic E-state index is 13.9. The van der Waals surface area contributed by atoms with E-state index in [1.54, 1.807) is 0 Å². The number of carbonyl (C=O) groups excluding carboxylic acids is 2. The molecule has 0 saturated carbocycles. The summed E-state index contributed by atoms with van der Waals surface area (Å²) in [6, 6.07) is 0.176. The van der Waals surface area contributed by atoms with Crippen LogP contribution in [0.4, 0.5) is 14.5 Å². The molecule has 2 rings (SSSR count). The summed E-state index contributed by atoms with van der Waals surface area (Å²) < 4.78 is 27.4. The summed E-state index contributed by atoms with van der Waals surface area (Å²) in [6.07, 6.45) is 0. The van der Waals surface area contributed by atoms with Crippen molar-refractivity contribution >= 4 is 33.4 Å². The molecule has 1 aromatic rings. The Morgan fingerprint density at radius 3 is 2.47 bits per heavy atom. The van der Waals surface area contributed by atoms with Gasteiger partial charge in [-0.1, -0.05) is 0 Å². The molecule has 2 atom stereocenters. The van der Waals surface area contributed by atoms with Crippen molar-refractivity contribution in [3.63, 3.8) is 0 Å². The third kappa shape index (κ3) is 2.34. The van der Waals surface area contributed by atoms with E-state index in [2.05, 4.69) is 21.2 Å². The molecule has 1 aliphatic heterocycles. The van der Waals surface area contributed by atoms with E-state index >= 15 is 0 Å². The van der Waals surface area contributed by atoms with Crippen LogP contribution >= 0.6 is 15.9 Å². The van der Waals surface area contributed by atoms with Gasteiger partial charge in [0.25, 0.3) is 0 Å². The first-order valence-electron chi connectivity index (χ1n) is 5.61. The standard InChI is InChI=1S/C12H11BrF2N2O2/c1-5-12(19)17(6(2)11(18)16-5)10-4-8(14)7(13)3-9(10)15/h3-6H,1-2H3,(H,16,18). The second-order valence-electron chi connectivity index (χ2n) is 4.33. The van der Waals surface area contributed by atoms with Gasteiger partial charge >= 0.3 is 0 Å². The molecule has 4 nitrogen and oxygen atoms in total. The Hall–Kier alpha value is -1.50. The van der Waals surface area contributed by atoms with E-state index in [9.17, 15) is 18.4 Å². The van der Waals surface area contributed by atoms with Crippen LogP contribution in [0, 0.1) is 11.6 Å². The molecule has 0 aromatic heterocycles. The summed E-state index contributed by atoms with van der Waals surface area (Å²) in [6.45, 7) is 2.95. The van der Waals surface area contributed by atoms with E-state index in [0.29, 0.717) is 0 Å². The lowest BCUT2D eigenvalue weighted by Gasteiger charge is -2.36. The third-order valence-corrected chi connectivity index (χ3v) is 3.59. The minimum Gasteiger partial charge on any atom is -0.343 e. The zero-order chi connectivity index (χ0) is 14.3. The van der Waals surface area contributed by atoms with Crippen molar-refractivity contribution < 1.29 is 18.4 Å². The Labute approximate surface area is 116 Å². The number of hydrogen-bond acceptors (Lipinski definition) is 2. The van der Waals surface area contributed by atoms with Crippen molar-refractivity contribution in [2.75, 3.05) is 4.90 Å². The van der Waals surface area contributed by atoms with Crippen LogP contribution in [0.15, 0.2) is 16.6 Å². The van der Waals surface area contributed by atoms with Crippen LogP contribution in [-0.2, 0) is 9.59 Å². The number of anilines is 1. The average molecular weight is 333 g/mol. The molecule has 0 bridgehead atoms. The molecule has 1 N–H and O–H groups in total. The lowest BCUT2D eigenvalue weighted by molar-refractivity contribution is -0.133. The van der Waals surface area contributed by atoms with Gasteiger partial charge < -0.3 is 5.32 Å². The highest BCUT2D eigenvalue weighted by Crippen LogP contribution is 2.29. The Morgan fingerprint density at radius 2 is 1.84 bits per heavy atom. The van der Waals surface area contributed by atoms with E-state index in [1.165, 1.54) is 13.8 Å². The van der Waals surface area contributed by atoms with Crippen molar-refractivity contribution in [2.45, 2.75) is 25.9 Å². The van der Waals surface area contributed by atoms with Crippen molar-refractivity contribution in [1.29, 1.82) is 0 Å². The number of benzene rings is 1. The number of nitrogens with zero attached hydrogens (tertiary/aromatic N) is 1. The molecule has 1 fully saturated rings. The Kier molecular flexibility index (Phi) is 3.58. The Morgan fingerprint density at radius 1 is 1.21 bits per heavy atom. The van der Waals surface area contributed by atoms with E-state index in [1.807, 2.05) is 0 Å². The molecule has 1 aromatic carbocycles. The van der Waals surface area contributed by atoms with E-state index < -0.39 is 35.5 Å². The average Bonchev–Trinajstić information content (AvgIpc) is 2.33. The van der Waals surface area contributed by atoms with Gasteiger partial charge in [-0.05, 0) is 35.8 Å². The molecule has 1 heterocycles. The minimum absolute atomic E-state index is 0.0386. The fourth-order valence-corrected chi connectivity index (χ4v) is 2.25. The van der Waals surface area contributed by atoms with Crippen LogP contribution in [0.1, 0.15) is 13.8 Å². The van der Waals surface area contributed by atoms with Gasteiger partial charge in [0.05, 0.1) is 10.2 Å². The Bertz CT molecular complexity index is 565. The van der Waals surface area contributed by atoms with Crippen LogP contribution < -0.4 is 10.2 Å². The van der Waals surface area contributed by atoms with Crippen LogP contribution in [0.5, 0.6) is 0 Å². The topological polar surface area (TPSA) is 49.4 Å². The maximum atomic E-state index is 13.9. The van der Waals surface area contributed by atoms with Gasteiger partial charge in [-0.2, -0.15) is 0 Å². The molecule has 0 aliphatic carbocycles. The van der Waals surface area contributed by atoms with Crippen molar-refractivity contribution in [3.8, 4) is 0 Å². The number of halogens is 3. The van der Waals surface area contributed by atoms with Crippen LogP contribution in [0.25, 0.3) is 0 Å². The highest BCUT2D eigenvalue weighted by atomic mass is 79.9. The number of amides is 2. The number of rotatable bonds is 1. The smallest absolute Gasteiger partial charge is 0.250 e. The van der Waals surface area contributed by atoms with E-state index in [0.717, 1.165) is 17.0 Å². The van der Waals surface area contributed by atoms with Gasteiger partial charge in [0.1, 0.15) is 23.7 Å². The third-order valence-electron chi connectivity index (χ3n) is 2.98. The van der Waals surface area contributed by atoms with Crippen molar-refractivity contribution in [3.05, 3.63) is 28.2 Å². The van der Waals surface area contributed by atoms with Gasteiger partial charge in [-0.25, -0.2) is 8.78 Å². The predicted octanol–water partition coefficient (Wildman–Crippen LogP) is 1.97. The molecular formula is C12H11BrF2N2O2. The summed E-state index contributed by atoms with van der Waals surface area (Å²) in [7, 11) is 0. The molecule has 0 spiro atoms. The minimum atomic E-state index is -0.890. The SMILES string of the molecule is CC1NC(=O)C(C)N(c2cc(F)c(Br)cc2F)C1=O. The molecule has 7 heteroatoms. The summed E-state index contributed by atoms with van der Waals surface area (Å²) >= 11 is 2.86. The molecule has 19 heavy (non-hydrogen) atoms. The number of piperazine rings is 1. The second kappa shape index (κ2) is 4.88. The molecule has 1 saturated heterocycles. The second-order valence-corrected chi connectivity index (χ2v) is 5.19. The monoisotopic (exact) mass is 332 g/mol. The molecule has 1 aliphatic rings. The molecule has 2 amide bonds. The molecule has 102 valence electrons. The van der Waals surface area contributed by atoms with Crippen molar-refractivity contribution in [2.24, 2.45) is 0 Å². The fraction of sp³-hybridized carbons (Fsp3) is 0.333. The van der Waals surface area contributed by atoms with Gasteiger partial charge in [0, 0.05) is 6.07 Å². The highest BCUT2D eigenvalue weighted by molar-refractivity contribution is 9.10. The number of nitrogens with one attached hydrogen (secondary N) is 1. The van der Waals surface area contributed by atoms with E-state index in [4.69, 9.17) is 0 Å². The molecule has 2 unspecified atom stereocenters. The lowest BCUT2D eigenvalue weighted by Crippen LogP contribution is -2.62. The van der Waals surface area contributed by atoms with Crippen LogP contribution in [0.3, 0.4) is 0 Å². The molecule has 0 radical (unpaired) electrons. The largest absolute Gasteiger partial charge is 0.343 e. The zero-order valence-corrected chi connectivity index (χ0v) is 11.8. The van der Waals surface area contributed by atoms with Crippen LogP contribution in [-0.4, -0.2) is 23.9 Å². The zero-order valence-electron chi connectivity index (χ0n) is 10.2. The normalized spacial score (nSPS) is 23.5. The van der Waals surface area contributed by atoms with Gasteiger partial charge in [-0.15, -0.1) is 0 Å². The summed E-state index contributed by atoms with van der Waals surface area (Å²) in [5, 5.41) is 2.47. The predicted molar refractivity (Wildman–Crippen MR) is 68.6 cm³/mol. The summed E-state index contributed by atoms with van der Waals surface area (Å²) in [5.41, 5.74) is -0.236. The lowest BCUT2D eigenvalue weighted by atomic mass is 10.1.